The van der Waals surface area contributed by atoms with Gasteiger partial charge in [0.1, 0.15) is 5.56 Å². The van der Waals surface area contributed by atoms with Crippen LogP contribution in [-0.2, 0) is 0 Å². The molecule has 1 saturated carbocycles. The SMILES string of the molecule is Cc1cc(=O)c(C(=O)NCCC2CCC(C)CC2)c[nH]1. The molecule has 0 atom stereocenters. The molecule has 1 fully saturated rings. The molecule has 1 aliphatic rings. The lowest BCUT2D eigenvalue weighted by Crippen LogP contribution is -2.30. The number of nitrogens with one attached hydrogen (secondary N) is 2. The Morgan fingerprint density at radius 1 is 1.35 bits per heavy atom. The van der Waals surface area contributed by atoms with Crippen LogP contribution in [0.2, 0.25) is 0 Å². The van der Waals surface area contributed by atoms with Crippen molar-refractivity contribution in [2.75, 3.05) is 6.54 Å². The van der Waals surface area contributed by atoms with Crippen LogP contribution in [-0.4, -0.2) is 17.4 Å². The number of hydrogen-bond acceptors (Lipinski definition) is 2. The summed E-state index contributed by atoms with van der Waals surface area (Å²) in [6.45, 7) is 4.76. The third-order valence-electron chi connectivity index (χ3n) is 4.28. The normalized spacial score (nSPS) is 22.5. The standard InChI is InChI=1S/C16H24N2O2/c1-11-3-5-13(6-4-11)7-8-17-16(20)14-10-18-12(2)9-15(14)19/h9-11,13H,3-8H2,1-2H3,(H,17,20)(H,18,19). The fraction of sp³-hybridized carbons (Fsp3) is 0.625. The number of pyridine rings is 1. The number of rotatable bonds is 4. The predicted octanol–water partition coefficient (Wildman–Crippen LogP) is 2.63. The smallest absolute Gasteiger partial charge is 0.256 e. The quantitative estimate of drug-likeness (QED) is 0.888. The van der Waals surface area contributed by atoms with Crippen molar-refractivity contribution < 1.29 is 4.79 Å². The van der Waals surface area contributed by atoms with Crippen LogP contribution in [0.5, 0.6) is 0 Å². The number of aryl methyl sites for hydroxylation is 1. The van der Waals surface area contributed by atoms with E-state index in [1.807, 2.05) is 0 Å². The Hall–Kier alpha value is -1.58. The zero-order valence-electron chi connectivity index (χ0n) is 12.4. The van der Waals surface area contributed by atoms with E-state index in [2.05, 4.69) is 17.2 Å². The number of carbonyl (C=O) groups excluding carboxylic acids is 1. The van der Waals surface area contributed by atoms with Crippen LogP contribution < -0.4 is 10.7 Å². The van der Waals surface area contributed by atoms with Gasteiger partial charge in [0, 0.05) is 24.5 Å². The summed E-state index contributed by atoms with van der Waals surface area (Å²) in [6.07, 6.45) is 7.65. The van der Waals surface area contributed by atoms with Gasteiger partial charge in [-0.3, -0.25) is 9.59 Å². The van der Waals surface area contributed by atoms with Crippen LogP contribution >= 0.6 is 0 Å². The van der Waals surface area contributed by atoms with Crippen molar-refractivity contribution in [1.29, 1.82) is 0 Å². The van der Waals surface area contributed by atoms with E-state index in [4.69, 9.17) is 0 Å². The molecule has 110 valence electrons. The minimum absolute atomic E-state index is 0.202. The molecular formula is C16H24N2O2. The molecule has 2 rings (SSSR count). The van der Waals surface area contributed by atoms with Gasteiger partial charge < -0.3 is 10.3 Å². The number of hydrogen-bond donors (Lipinski definition) is 2. The predicted molar refractivity (Wildman–Crippen MR) is 79.9 cm³/mol. The Morgan fingerprint density at radius 2 is 2.05 bits per heavy atom. The Bertz CT molecular complexity index is 513. The molecule has 2 N–H and O–H groups in total. The molecule has 0 radical (unpaired) electrons. The summed E-state index contributed by atoms with van der Waals surface area (Å²) >= 11 is 0. The molecule has 1 heterocycles. The Labute approximate surface area is 120 Å². The lowest BCUT2D eigenvalue weighted by atomic mass is 9.81. The fourth-order valence-electron chi connectivity index (χ4n) is 2.85. The summed E-state index contributed by atoms with van der Waals surface area (Å²) in [5, 5.41) is 2.86. The molecule has 0 saturated heterocycles. The van der Waals surface area contributed by atoms with E-state index in [0.29, 0.717) is 6.54 Å². The Kier molecular flexibility index (Phi) is 4.99. The van der Waals surface area contributed by atoms with Crippen LogP contribution in [0, 0.1) is 18.8 Å². The third-order valence-corrected chi connectivity index (χ3v) is 4.28. The van der Waals surface area contributed by atoms with Gasteiger partial charge in [-0.05, 0) is 25.2 Å². The first kappa shape index (κ1) is 14.8. The summed E-state index contributed by atoms with van der Waals surface area (Å²) in [4.78, 5) is 26.5. The van der Waals surface area contributed by atoms with E-state index < -0.39 is 0 Å². The van der Waals surface area contributed by atoms with E-state index >= 15 is 0 Å². The number of carbonyl (C=O) groups is 1. The van der Waals surface area contributed by atoms with Crippen molar-refractivity contribution >= 4 is 5.91 Å². The van der Waals surface area contributed by atoms with Gasteiger partial charge in [-0.1, -0.05) is 32.6 Å². The Balaban J connectivity index is 1.79. The number of H-pyrrole nitrogens is 1. The molecular weight excluding hydrogens is 252 g/mol. The topological polar surface area (TPSA) is 62.0 Å². The van der Waals surface area contributed by atoms with E-state index in [1.165, 1.54) is 37.9 Å². The summed E-state index contributed by atoms with van der Waals surface area (Å²) in [5.41, 5.74) is 0.751. The summed E-state index contributed by atoms with van der Waals surface area (Å²) in [6, 6.07) is 1.46. The van der Waals surface area contributed by atoms with Gasteiger partial charge in [-0.15, -0.1) is 0 Å². The third kappa shape index (κ3) is 3.95. The first-order valence-corrected chi connectivity index (χ1v) is 7.54. The molecule has 0 aliphatic heterocycles. The maximum absolute atomic E-state index is 11.9. The molecule has 1 aliphatic carbocycles. The highest BCUT2D eigenvalue weighted by atomic mass is 16.2. The molecule has 1 amide bonds. The largest absolute Gasteiger partial charge is 0.364 e. The first-order chi connectivity index (χ1) is 9.56. The lowest BCUT2D eigenvalue weighted by Gasteiger charge is -2.26. The van der Waals surface area contributed by atoms with E-state index in [-0.39, 0.29) is 16.9 Å². The van der Waals surface area contributed by atoms with Crippen LogP contribution in [0.25, 0.3) is 0 Å². The molecule has 4 nitrogen and oxygen atoms in total. The van der Waals surface area contributed by atoms with Crippen molar-refractivity contribution in [3.8, 4) is 0 Å². The molecule has 4 heteroatoms. The highest BCUT2D eigenvalue weighted by Crippen LogP contribution is 2.29. The number of aromatic amines is 1. The average Bonchev–Trinajstić information content (AvgIpc) is 2.41. The molecule has 0 unspecified atom stereocenters. The highest BCUT2D eigenvalue weighted by molar-refractivity contribution is 5.93. The second-order valence-electron chi connectivity index (χ2n) is 6.06. The highest BCUT2D eigenvalue weighted by Gasteiger charge is 2.18. The Morgan fingerprint density at radius 3 is 2.70 bits per heavy atom. The summed E-state index contributed by atoms with van der Waals surface area (Å²) in [7, 11) is 0. The maximum Gasteiger partial charge on any atom is 0.256 e. The minimum atomic E-state index is -0.268. The van der Waals surface area contributed by atoms with Crippen LogP contribution in [0.3, 0.4) is 0 Å². The second-order valence-corrected chi connectivity index (χ2v) is 6.06. The van der Waals surface area contributed by atoms with Gasteiger partial charge in [-0.2, -0.15) is 0 Å². The van der Waals surface area contributed by atoms with E-state index in [9.17, 15) is 9.59 Å². The number of amides is 1. The first-order valence-electron chi connectivity index (χ1n) is 7.54. The van der Waals surface area contributed by atoms with Gasteiger partial charge in [0.25, 0.3) is 5.91 Å². The van der Waals surface area contributed by atoms with Gasteiger partial charge in [0.05, 0.1) is 0 Å². The van der Waals surface area contributed by atoms with Crippen molar-refractivity contribution in [3.05, 3.63) is 33.7 Å². The van der Waals surface area contributed by atoms with E-state index in [0.717, 1.165) is 24.0 Å². The molecule has 1 aromatic rings. The monoisotopic (exact) mass is 276 g/mol. The summed E-state index contributed by atoms with van der Waals surface area (Å²) < 4.78 is 0. The van der Waals surface area contributed by atoms with Crippen molar-refractivity contribution in [2.24, 2.45) is 11.8 Å². The van der Waals surface area contributed by atoms with Gasteiger partial charge in [-0.25, -0.2) is 0 Å². The molecule has 20 heavy (non-hydrogen) atoms. The average molecular weight is 276 g/mol. The van der Waals surface area contributed by atoms with Gasteiger partial charge in [0.2, 0.25) is 0 Å². The zero-order chi connectivity index (χ0) is 14.5. The van der Waals surface area contributed by atoms with Crippen molar-refractivity contribution in [1.82, 2.24) is 10.3 Å². The summed E-state index contributed by atoms with van der Waals surface area (Å²) in [5.74, 6) is 1.31. The van der Waals surface area contributed by atoms with E-state index in [1.54, 1.807) is 6.92 Å². The van der Waals surface area contributed by atoms with Gasteiger partial charge >= 0.3 is 0 Å². The maximum atomic E-state index is 11.9. The van der Waals surface area contributed by atoms with Crippen LogP contribution in [0.15, 0.2) is 17.1 Å². The second kappa shape index (κ2) is 6.73. The molecule has 0 spiro atoms. The fourth-order valence-corrected chi connectivity index (χ4v) is 2.85. The number of aromatic nitrogens is 1. The molecule has 0 bridgehead atoms. The van der Waals surface area contributed by atoms with Gasteiger partial charge in [0.15, 0.2) is 5.43 Å². The van der Waals surface area contributed by atoms with Crippen molar-refractivity contribution in [3.63, 3.8) is 0 Å². The van der Waals surface area contributed by atoms with Crippen LogP contribution in [0.1, 0.15) is 55.1 Å². The minimum Gasteiger partial charge on any atom is -0.364 e. The molecule has 1 aromatic heterocycles. The van der Waals surface area contributed by atoms with Crippen molar-refractivity contribution in [2.45, 2.75) is 46.0 Å². The zero-order valence-corrected chi connectivity index (χ0v) is 12.4. The molecule has 0 aromatic carbocycles. The van der Waals surface area contributed by atoms with Crippen LogP contribution in [0.4, 0.5) is 0 Å². The lowest BCUT2D eigenvalue weighted by molar-refractivity contribution is 0.0948.